The maximum absolute atomic E-state index is 12.0. The molecular weight excluding hydrogens is 288 g/mol. The van der Waals surface area contributed by atoms with Gasteiger partial charge in [-0.05, 0) is 31.5 Å². The second kappa shape index (κ2) is 6.39. The van der Waals surface area contributed by atoms with E-state index in [1.807, 2.05) is 26.0 Å². The van der Waals surface area contributed by atoms with Crippen LogP contribution < -0.4 is 0 Å². The standard InChI is InChI=1S/C16H18O4S/c1-12-3-7-14(8-4-12)16(17)11-20-21(18,19)15-9-5-13(2)6-10-15/h3-10,16-17H,11H2,1-2H3/t16-/m1/s1. The molecule has 0 aromatic heterocycles. The average molecular weight is 306 g/mol. The summed E-state index contributed by atoms with van der Waals surface area (Å²) in [6.07, 6.45) is -0.981. The average Bonchev–Trinajstić information content (AvgIpc) is 2.46. The van der Waals surface area contributed by atoms with E-state index < -0.39 is 16.2 Å². The topological polar surface area (TPSA) is 63.6 Å². The van der Waals surface area contributed by atoms with Crippen LogP contribution in [0.25, 0.3) is 0 Å². The van der Waals surface area contributed by atoms with Gasteiger partial charge in [-0.3, -0.25) is 4.18 Å². The van der Waals surface area contributed by atoms with Crippen LogP contribution in [0, 0.1) is 13.8 Å². The van der Waals surface area contributed by atoms with Crippen LogP contribution in [-0.4, -0.2) is 20.1 Å². The fraction of sp³-hybridized carbons (Fsp3) is 0.250. The van der Waals surface area contributed by atoms with E-state index in [0.29, 0.717) is 5.56 Å². The summed E-state index contributed by atoms with van der Waals surface area (Å²) in [5, 5.41) is 9.98. The largest absolute Gasteiger partial charge is 0.386 e. The van der Waals surface area contributed by atoms with Crippen molar-refractivity contribution in [3.63, 3.8) is 0 Å². The number of hydrogen-bond donors (Lipinski definition) is 1. The highest BCUT2D eigenvalue weighted by molar-refractivity contribution is 7.86. The third-order valence-corrected chi connectivity index (χ3v) is 4.45. The van der Waals surface area contributed by atoms with Gasteiger partial charge in [0.05, 0.1) is 11.5 Å². The number of hydrogen-bond acceptors (Lipinski definition) is 4. The van der Waals surface area contributed by atoms with E-state index in [0.717, 1.165) is 11.1 Å². The van der Waals surface area contributed by atoms with Crippen LogP contribution in [0.1, 0.15) is 22.8 Å². The lowest BCUT2D eigenvalue weighted by molar-refractivity contribution is 0.111. The molecule has 2 aromatic carbocycles. The quantitative estimate of drug-likeness (QED) is 0.863. The van der Waals surface area contributed by atoms with Gasteiger partial charge in [-0.25, -0.2) is 0 Å². The third kappa shape index (κ3) is 4.14. The van der Waals surface area contributed by atoms with Gasteiger partial charge in [0.15, 0.2) is 0 Å². The molecule has 21 heavy (non-hydrogen) atoms. The van der Waals surface area contributed by atoms with E-state index in [1.54, 1.807) is 24.3 Å². The Balaban J connectivity index is 2.04. The van der Waals surface area contributed by atoms with Crippen molar-refractivity contribution in [1.82, 2.24) is 0 Å². The molecular formula is C16H18O4S. The highest BCUT2D eigenvalue weighted by Crippen LogP contribution is 2.18. The summed E-state index contributed by atoms with van der Waals surface area (Å²) in [7, 11) is -3.85. The van der Waals surface area contributed by atoms with Crippen molar-refractivity contribution in [3.8, 4) is 0 Å². The predicted octanol–water partition coefficient (Wildman–Crippen LogP) is 2.74. The lowest BCUT2D eigenvalue weighted by Gasteiger charge is -2.12. The minimum absolute atomic E-state index is 0.0872. The summed E-state index contributed by atoms with van der Waals surface area (Å²) >= 11 is 0. The molecule has 0 unspecified atom stereocenters. The highest BCUT2D eigenvalue weighted by Gasteiger charge is 2.18. The Kier molecular flexibility index (Phi) is 4.77. The monoisotopic (exact) mass is 306 g/mol. The molecule has 2 aromatic rings. The second-order valence-corrected chi connectivity index (χ2v) is 6.59. The van der Waals surface area contributed by atoms with Crippen LogP contribution in [0.3, 0.4) is 0 Å². The number of aliphatic hydroxyl groups excluding tert-OH is 1. The number of rotatable bonds is 5. The zero-order valence-corrected chi connectivity index (χ0v) is 12.8. The van der Waals surface area contributed by atoms with Crippen molar-refractivity contribution in [2.45, 2.75) is 24.8 Å². The lowest BCUT2D eigenvalue weighted by atomic mass is 10.1. The van der Waals surface area contributed by atoms with Crippen molar-refractivity contribution in [2.75, 3.05) is 6.61 Å². The van der Waals surface area contributed by atoms with Crippen LogP contribution in [0.15, 0.2) is 53.4 Å². The SMILES string of the molecule is Cc1ccc([C@H](O)COS(=O)(=O)c2ccc(C)cc2)cc1. The van der Waals surface area contributed by atoms with Crippen molar-refractivity contribution in [2.24, 2.45) is 0 Å². The zero-order valence-electron chi connectivity index (χ0n) is 12.0. The highest BCUT2D eigenvalue weighted by atomic mass is 32.2. The second-order valence-electron chi connectivity index (χ2n) is 4.98. The molecule has 0 bridgehead atoms. The molecule has 0 saturated carbocycles. The molecule has 0 aliphatic heterocycles. The van der Waals surface area contributed by atoms with E-state index in [9.17, 15) is 13.5 Å². The van der Waals surface area contributed by atoms with Crippen molar-refractivity contribution in [3.05, 3.63) is 65.2 Å². The predicted molar refractivity (Wildman–Crippen MR) is 80.5 cm³/mol. The van der Waals surface area contributed by atoms with Crippen LogP contribution in [-0.2, 0) is 14.3 Å². The first-order valence-electron chi connectivity index (χ1n) is 6.59. The molecule has 0 heterocycles. The molecule has 5 heteroatoms. The van der Waals surface area contributed by atoms with Crippen LogP contribution in [0.4, 0.5) is 0 Å². The molecule has 1 N–H and O–H groups in total. The van der Waals surface area contributed by atoms with Gasteiger partial charge in [-0.2, -0.15) is 8.42 Å². The summed E-state index contributed by atoms with van der Waals surface area (Å²) in [5.74, 6) is 0. The van der Waals surface area contributed by atoms with Gasteiger partial charge in [0.25, 0.3) is 10.1 Å². The molecule has 0 saturated heterocycles. The molecule has 0 aliphatic carbocycles. The molecule has 4 nitrogen and oxygen atoms in total. The maximum Gasteiger partial charge on any atom is 0.297 e. The molecule has 0 aliphatic rings. The molecule has 1 atom stereocenters. The maximum atomic E-state index is 12.0. The summed E-state index contributed by atoms with van der Waals surface area (Å²) in [5.41, 5.74) is 2.66. The van der Waals surface area contributed by atoms with Crippen molar-refractivity contribution < 1.29 is 17.7 Å². The normalized spacial score (nSPS) is 13.1. The van der Waals surface area contributed by atoms with Gasteiger partial charge < -0.3 is 5.11 Å². The Hall–Kier alpha value is -1.69. The molecule has 112 valence electrons. The zero-order chi connectivity index (χ0) is 15.5. The minimum Gasteiger partial charge on any atom is -0.386 e. The Morgan fingerprint density at radius 3 is 1.95 bits per heavy atom. The van der Waals surface area contributed by atoms with E-state index in [4.69, 9.17) is 4.18 Å². The first-order valence-corrected chi connectivity index (χ1v) is 8.00. The lowest BCUT2D eigenvalue weighted by Crippen LogP contribution is -2.13. The van der Waals surface area contributed by atoms with Gasteiger partial charge in [0.1, 0.15) is 6.10 Å². The molecule has 0 fully saturated rings. The van der Waals surface area contributed by atoms with Gasteiger partial charge in [0, 0.05) is 0 Å². The van der Waals surface area contributed by atoms with E-state index in [2.05, 4.69) is 0 Å². The Bertz CT molecular complexity index is 688. The first kappa shape index (κ1) is 15.7. The van der Waals surface area contributed by atoms with Crippen LogP contribution in [0.5, 0.6) is 0 Å². The summed E-state index contributed by atoms with van der Waals surface area (Å²) in [6.45, 7) is 3.51. The van der Waals surface area contributed by atoms with Gasteiger partial charge in [-0.1, -0.05) is 47.5 Å². The smallest absolute Gasteiger partial charge is 0.297 e. The number of aliphatic hydroxyl groups is 1. The van der Waals surface area contributed by atoms with E-state index >= 15 is 0 Å². The van der Waals surface area contributed by atoms with E-state index in [-0.39, 0.29) is 11.5 Å². The number of aryl methyl sites for hydroxylation is 2. The molecule has 2 rings (SSSR count). The Morgan fingerprint density at radius 1 is 0.952 bits per heavy atom. The summed E-state index contributed by atoms with van der Waals surface area (Å²) < 4.78 is 28.9. The van der Waals surface area contributed by atoms with Gasteiger partial charge in [0.2, 0.25) is 0 Å². The minimum atomic E-state index is -3.85. The summed E-state index contributed by atoms with van der Waals surface area (Å²) in [4.78, 5) is 0.0872. The molecule has 0 radical (unpaired) electrons. The first-order chi connectivity index (χ1) is 9.88. The summed E-state index contributed by atoms with van der Waals surface area (Å²) in [6, 6.07) is 13.6. The van der Waals surface area contributed by atoms with Crippen molar-refractivity contribution in [1.29, 1.82) is 0 Å². The Labute approximate surface area is 125 Å². The van der Waals surface area contributed by atoms with E-state index in [1.165, 1.54) is 12.1 Å². The van der Waals surface area contributed by atoms with Crippen molar-refractivity contribution >= 4 is 10.1 Å². The van der Waals surface area contributed by atoms with Gasteiger partial charge >= 0.3 is 0 Å². The molecule has 0 amide bonds. The fourth-order valence-electron chi connectivity index (χ4n) is 1.81. The van der Waals surface area contributed by atoms with Gasteiger partial charge in [-0.15, -0.1) is 0 Å². The van der Waals surface area contributed by atoms with Crippen LogP contribution in [0.2, 0.25) is 0 Å². The Morgan fingerprint density at radius 2 is 1.43 bits per heavy atom. The fourth-order valence-corrected chi connectivity index (χ4v) is 2.73. The number of benzene rings is 2. The van der Waals surface area contributed by atoms with Crippen LogP contribution >= 0.6 is 0 Å². The third-order valence-electron chi connectivity index (χ3n) is 3.15. The molecule has 0 spiro atoms.